The van der Waals surface area contributed by atoms with E-state index in [9.17, 15) is 4.79 Å². The zero-order chi connectivity index (χ0) is 28.6. The van der Waals surface area contributed by atoms with E-state index < -0.39 is 0 Å². The predicted octanol–water partition coefficient (Wildman–Crippen LogP) is 5.13. The summed E-state index contributed by atoms with van der Waals surface area (Å²) in [5.74, 6) is 5.75. The summed E-state index contributed by atoms with van der Waals surface area (Å²) in [5, 5.41) is 7.42. The topological polar surface area (TPSA) is 56.8 Å². The number of carbonyl (C=O) groups is 1. The Morgan fingerprint density at radius 2 is 1.71 bits per heavy atom. The average molecular weight is 569 g/mol. The quantitative estimate of drug-likeness (QED) is 0.493. The molecule has 0 radical (unpaired) electrons. The van der Waals surface area contributed by atoms with Crippen molar-refractivity contribution in [2.45, 2.75) is 116 Å². The molecule has 3 aliphatic heterocycles. The van der Waals surface area contributed by atoms with E-state index in [-0.39, 0.29) is 11.6 Å². The molecule has 7 fully saturated rings. The van der Waals surface area contributed by atoms with Crippen molar-refractivity contribution >= 4 is 5.91 Å². The SMILES string of the molecule is C[C@@H]1CC[C@@]2(NC1)O[C@H]1C[C@H]3[C@@H]4CC[C@@H]5C[C@H](NC(=O)CCN6CCN(C)CC6)CC[C@]5(C)[C@H]4CC[C@]3(C)[C@H]1[C@@H]2C. The highest BCUT2D eigenvalue weighted by Crippen LogP contribution is 2.71. The molecule has 7 aliphatic rings. The Balaban J connectivity index is 0.964. The molecule has 0 aromatic heterocycles. The van der Waals surface area contributed by atoms with Crippen LogP contribution in [0.2, 0.25) is 0 Å². The molecule has 6 nitrogen and oxygen atoms in total. The van der Waals surface area contributed by atoms with Gasteiger partial charge in [0.15, 0.2) is 0 Å². The zero-order valence-corrected chi connectivity index (χ0v) is 26.9. The van der Waals surface area contributed by atoms with E-state index in [0.29, 0.717) is 35.3 Å². The molecular weight excluding hydrogens is 508 g/mol. The lowest BCUT2D eigenvalue weighted by Crippen LogP contribution is -2.58. The Hall–Kier alpha value is -0.690. The summed E-state index contributed by atoms with van der Waals surface area (Å²) in [5.41, 5.74) is 0.846. The van der Waals surface area contributed by atoms with E-state index in [0.717, 1.165) is 74.8 Å². The molecule has 41 heavy (non-hydrogen) atoms. The highest BCUT2D eigenvalue weighted by molar-refractivity contribution is 5.76. The second kappa shape index (κ2) is 10.7. The lowest BCUT2D eigenvalue weighted by molar-refractivity contribution is -0.136. The summed E-state index contributed by atoms with van der Waals surface area (Å²) < 4.78 is 7.10. The van der Waals surface area contributed by atoms with E-state index in [2.05, 4.69) is 55.2 Å². The van der Waals surface area contributed by atoms with E-state index >= 15 is 0 Å². The van der Waals surface area contributed by atoms with Crippen molar-refractivity contribution in [2.75, 3.05) is 46.3 Å². The van der Waals surface area contributed by atoms with E-state index in [1.54, 1.807) is 0 Å². The van der Waals surface area contributed by atoms with Crippen molar-refractivity contribution in [1.82, 2.24) is 20.4 Å². The van der Waals surface area contributed by atoms with Crippen molar-refractivity contribution in [1.29, 1.82) is 0 Å². The lowest BCUT2D eigenvalue weighted by atomic mass is 9.44. The van der Waals surface area contributed by atoms with Gasteiger partial charge in [0.1, 0.15) is 5.72 Å². The molecule has 0 bridgehead atoms. The van der Waals surface area contributed by atoms with Crippen molar-refractivity contribution in [2.24, 2.45) is 52.3 Å². The number of ether oxygens (including phenoxy) is 1. The molecule has 1 spiro atoms. The predicted molar refractivity (Wildman–Crippen MR) is 164 cm³/mol. The second-order valence-electron chi connectivity index (χ2n) is 16.8. The Morgan fingerprint density at radius 3 is 2.46 bits per heavy atom. The number of nitrogens with one attached hydrogen (secondary N) is 2. The molecule has 6 heteroatoms. The molecule has 4 aliphatic carbocycles. The summed E-state index contributed by atoms with van der Waals surface area (Å²) in [6.45, 7) is 16.7. The van der Waals surface area contributed by atoms with Gasteiger partial charge in [-0.1, -0.05) is 27.7 Å². The average Bonchev–Trinajstić information content (AvgIpc) is 3.40. The number of carbonyl (C=O) groups excluding carboxylic acids is 1. The number of piperazine rings is 1. The highest BCUT2D eigenvalue weighted by atomic mass is 16.5. The van der Waals surface area contributed by atoms with Crippen molar-refractivity contribution in [3.05, 3.63) is 0 Å². The fraction of sp³-hybridized carbons (Fsp3) is 0.971. The number of nitrogens with zero attached hydrogens (tertiary/aromatic N) is 2. The zero-order valence-electron chi connectivity index (χ0n) is 26.9. The van der Waals surface area contributed by atoms with Crippen molar-refractivity contribution in [3.63, 3.8) is 0 Å². The number of hydrogen-bond acceptors (Lipinski definition) is 5. The third kappa shape index (κ3) is 4.84. The molecule has 2 N–H and O–H groups in total. The molecule has 3 heterocycles. The van der Waals surface area contributed by atoms with Gasteiger partial charge in [0, 0.05) is 57.6 Å². The first-order valence-electron chi connectivity index (χ1n) is 17.7. The third-order valence-electron chi connectivity index (χ3n) is 14.8. The summed E-state index contributed by atoms with van der Waals surface area (Å²) in [4.78, 5) is 17.8. The fourth-order valence-corrected chi connectivity index (χ4v) is 12.2. The first-order chi connectivity index (χ1) is 19.6. The van der Waals surface area contributed by atoms with Crippen LogP contribution in [0.4, 0.5) is 0 Å². The fourth-order valence-electron chi connectivity index (χ4n) is 12.2. The Morgan fingerprint density at radius 1 is 0.927 bits per heavy atom. The molecule has 0 unspecified atom stereocenters. The molecule has 3 saturated heterocycles. The molecule has 4 saturated carbocycles. The number of rotatable bonds is 4. The van der Waals surface area contributed by atoms with Crippen LogP contribution in [0.3, 0.4) is 0 Å². The maximum Gasteiger partial charge on any atom is 0.221 e. The van der Waals surface area contributed by atoms with E-state index in [1.807, 2.05) is 0 Å². The largest absolute Gasteiger partial charge is 0.357 e. The van der Waals surface area contributed by atoms with Crippen molar-refractivity contribution in [3.8, 4) is 0 Å². The number of hydrogen-bond donors (Lipinski definition) is 2. The maximum absolute atomic E-state index is 12.9. The molecule has 232 valence electrons. The van der Waals surface area contributed by atoms with Gasteiger partial charge in [-0.25, -0.2) is 0 Å². The minimum absolute atomic E-state index is 0.0520. The first-order valence-corrected chi connectivity index (χ1v) is 17.7. The number of fused-ring (bicyclic) bond motifs is 7. The molecule has 0 aromatic carbocycles. The van der Waals surface area contributed by atoms with Crippen LogP contribution < -0.4 is 10.6 Å². The van der Waals surface area contributed by atoms with Crippen LogP contribution in [-0.2, 0) is 9.53 Å². The van der Waals surface area contributed by atoms with Gasteiger partial charge >= 0.3 is 0 Å². The van der Waals surface area contributed by atoms with Crippen LogP contribution in [0.15, 0.2) is 0 Å². The number of amides is 1. The first kappa shape index (κ1) is 29.0. The minimum Gasteiger partial charge on any atom is -0.357 e. The summed E-state index contributed by atoms with van der Waals surface area (Å²) >= 11 is 0. The highest BCUT2D eigenvalue weighted by Gasteiger charge is 2.68. The summed E-state index contributed by atoms with van der Waals surface area (Å²) in [6.07, 6.45) is 14.2. The lowest BCUT2D eigenvalue weighted by Gasteiger charge is -2.61. The molecular formula is C35H60N4O2. The normalized spacial score (nSPS) is 52.0. The summed E-state index contributed by atoms with van der Waals surface area (Å²) in [7, 11) is 2.19. The van der Waals surface area contributed by atoms with Crippen LogP contribution in [0.1, 0.15) is 98.3 Å². The van der Waals surface area contributed by atoms with Gasteiger partial charge in [-0.2, -0.15) is 0 Å². The van der Waals surface area contributed by atoms with Gasteiger partial charge in [-0.15, -0.1) is 0 Å². The smallest absolute Gasteiger partial charge is 0.221 e. The summed E-state index contributed by atoms with van der Waals surface area (Å²) in [6, 6.07) is 0.389. The van der Waals surface area contributed by atoms with Crippen LogP contribution in [-0.4, -0.2) is 79.9 Å². The third-order valence-corrected chi connectivity index (χ3v) is 14.8. The number of likely N-dealkylation sites (N-methyl/N-ethyl adjacent to an activating group) is 1. The van der Waals surface area contributed by atoms with Gasteiger partial charge in [0.05, 0.1) is 6.10 Å². The second-order valence-corrected chi connectivity index (χ2v) is 16.8. The van der Waals surface area contributed by atoms with Gasteiger partial charge in [0.25, 0.3) is 0 Å². The van der Waals surface area contributed by atoms with Crippen LogP contribution in [0.5, 0.6) is 0 Å². The van der Waals surface area contributed by atoms with E-state index in [1.165, 1.54) is 64.2 Å². The monoisotopic (exact) mass is 568 g/mol. The maximum atomic E-state index is 12.9. The van der Waals surface area contributed by atoms with E-state index in [4.69, 9.17) is 4.74 Å². The molecule has 7 rings (SSSR count). The van der Waals surface area contributed by atoms with Gasteiger partial charge in [0.2, 0.25) is 5.91 Å². The van der Waals surface area contributed by atoms with Gasteiger partial charge in [-0.3, -0.25) is 10.1 Å². The molecule has 12 atom stereocenters. The van der Waals surface area contributed by atoms with Gasteiger partial charge < -0.3 is 19.9 Å². The van der Waals surface area contributed by atoms with Gasteiger partial charge in [-0.05, 0) is 118 Å². The molecule has 0 aromatic rings. The van der Waals surface area contributed by atoms with Crippen LogP contribution >= 0.6 is 0 Å². The minimum atomic E-state index is -0.0520. The number of piperidine rings is 1. The van der Waals surface area contributed by atoms with Crippen LogP contribution in [0.25, 0.3) is 0 Å². The van der Waals surface area contributed by atoms with Crippen LogP contribution in [0, 0.1) is 52.3 Å². The Kier molecular flexibility index (Phi) is 7.60. The van der Waals surface area contributed by atoms with Crippen molar-refractivity contribution < 1.29 is 9.53 Å². The Labute approximate surface area is 250 Å². The standard InChI is InChI=1S/C35H60N4O2/c1-23-8-14-35(36-22-23)24(2)32-30(41-35)21-29-27-7-6-25-20-26(9-12-33(25,3)28(27)10-13-34(29,32)4)37-31(40)11-15-39-18-16-38(5)17-19-39/h23-30,32,36H,6-22H2,1-5H3,(H,37,40)/t23-,24+,25-,26-,27-,28+,29+,30+,32+,33+,34+,35-/m1/s1. The molecule has 1 amide bonds. The Bertz CT molecular complexity index is 973.